The number of thioether (sulfide) groups is 1. The average molecular weight is 259 g/mol. The van der Waals surface area contributed by atoms with Crippen LogP contribution in [-0.2, 0) is 4.79 Å². The predicted molar refractivity (Wildman–Crippen MR) is 70.1 cm³/mol. The van der Waals surface area contributed by atoms with E-state index >= 15 is 0 Å². The molecule has 1 unspecified atom stereocenters. The number of urea groups is 1. The van der Waals surface area contributed by atoms with Crippen molar-refractivity contribution in [2.75, 3.05) is 25.1 Å². The van der Waals surface area contributed by atoms with Crippen LogP contribution in [0.5, 0.6) is 0 Å². The third kappa shape index (κ3) is 5.41. The van der Waals surface area contributed by atoms with E-state index < -0.39 is 6.03 Å². The molecule has 0 aliphatic carbocycles. The molecular weight excluding hydrogens is 238 g/mol. The molecule has 0 radical (unpaired) electrons. The van der Waals surface area contributed by atoms with Gasteiger partial charge in [-0.1, -0.05) is 0 Å². The second-order valence-electron chi connectivity index (χ2n) is 4.25. The number of imide groups is 1. The van der Waals surface area contributed by atoms with Crippen molar-refractivity contribution in [2.24, 2.45) is 5.92 Å². The van der Waals surface area contributed by atoms with Crippen molar-refractivity contribution in [1.29, 1.82) is 0 Å². The largest absolute Gasteiger partial charge is 0.341 e. The van der Waals surface area contributed by atoms with E-state index in [1.54, 1.807) is 6.92 Å². The van der Waals surface area contributed by atoms with Crippen LogP contribution in [0.4, 0.5) is 4.79 Å². The van der Waals surface area contributed by atoms with Crippen molar-refractivity contribution < 1.29 is 9.59 Å². The third-order valence-corrected chi connectivity index (χ3v) is 3.96. The highest BCUT2D eigenvalue weighted by atomic mass is 32.2. The van der Waals surface area contributed by atoms with E-state index in [1.165, 1.54) is 31.4 Å². The standard InChI is InChI=1S/C11H21N3O2S/c1-8(10(15)14-11(16)12-2)13-7-9-3-5-17-6-4-9/h8-9,13H,3-7H2,1-2H3,(H2,12,14,15,16). The molecule has 17 heavy (non-hydrogen) atoms. The maximum Gasteiger partial charge on any atom is 0.321 e. The van der Waals surface area contributed by atoms with E-state index in [9.17, 15) is 9.59 Å². The average Bonchev–Trinajstić information content (AvgIpc) is 2.36. The van der Waals surface area contributed by atoms with Crippen LogP contribution in [-0.4, -0.2) is 43.1 Å². The van der Waals surface area contributed by atoms with Gasteiger partial charge in [0.1, 0.15) is 0 Å². The zero-order valence-electron chi connectivity index (χ0n) is 10.4. The maximum atomic E-state index is 11.5. The Labute approximate surface area is 106 Å². The molecule has 1 heterocycles. The summed E-state index contributed by atoms with van der Waals surface area (Å²) in [5.74, 6) is 2.80. The Bertz CT molecular complexity index is 267. The van der Waals surface area contributed by atoms with Crippen LogP contribution in [0.25, 0.3) is 0 Å². The van der Waals surface area contributed by atoms with Gasteiger partial charge in [-0.25, -0.2) is 4.79 Å². The van der Waals surface area contributed by atoms with Gasteiger partial charge in [-0.3, -0.25) is 10.1 Å². The van der Waals surface area contributed by atoms with Gasteiger partial charge in [-0.05, 0) is 43.7 Å². The molecule has 0 aromatic heterocycles. The van der Waals surface area contributed by atoms with Gasteiger partial charge in [-0.2, -0.15) is 11.8 Å². The van der Waals surface area contributed by atoms with Crippen molar-refractivity contribution in [2.45, 2.75) is 25.8 Å². The Kier molecular flexibility index (Phi) is 6.36. The van der Waals surface area contributed by atoms with E-state index in [-0.39, 0.29) is 11.9 Å². The summed E-state index contributed by atoms with van der Waals surface area (Å²) in [5, 5.41) is 7.80. The minimum atomic E-state index is -0.460. The molecule has 0 saturated carbocycles. The number of hydrogen-bond donors (Lipinski definition) is 3. The fraction of sp³-hybridized carbons (Fsp3) is 0.818. The van der Waals surface area contributed by atoms with Crippen LogP contribution in [0.2, 0.25) is 0 Å². The molecule has 0 aromatic rings. The molecule has 1 rings (SSSR count). The van der Waals surface area contributed by atoms with E-state index in [1.807, 2.05) is 11.8 Å². The summed E-state index contributed by atoms with van der Waals surface area (Å²) in [6.45, 7) is 2.62. The van der Waals surface area contributed by atoms with Crippen molar-refractivity contribution in [3.8, 4) is 0 Å². The quantitative estimate of drug-likeness (QED) is 0.690. The fourth-order valence-corrected chi connectivity index (χ4v) is 2.87. The lowest BCUT2D eigenvalue weighted by molar-refractivity contribution is -0.121. The first-order valence-corrected chi connectivity index (χ1v) is 7.12. The summed E-state index contributed by atoms with van der Waals surface area (Å²) in [7, 11) is 1.49. The molecule has 6 heteroatoms. The summed E-state index contributed by atoms with van der Waals surface area (Å²) < 4.78 is 0. The lowest BCUT2D eigenvalue weighted by Crippen LogP contribution is -2.48. The third-order valence-electron chi connectivity index (χ3n) is 2.91. The zero-order valence-corrected chi connectivity index (χ0v) is 11.2. The monoisotopic (exact) mass is 259 g/mol. The van der Waals surface area contributed by atoms with Gasteiger partial charge in [0.2, 0.25) is 5.91 Å². The molecule has 5 nitrogen and oxygen atoms in total. The summed E-state index contributed by atoms with van der Waals surface area (Å²) >= 11 is 1.99. The molecule has 1 saturated heterocycles. The van der Waals surface area contributed by atoms with E-state index in [2.05, 4.69) is 16.0 Å². The maximum absolute atomic E-state index is 11.5. The molecule has 3 N–H and O–H groups in total. The van der Waals surface area contributed by atoms with Gasteiger partial charge in [0.15, 0.2) is 0 Å². The highest BCUT2D eigenvalue weighted by Crippen LogP contribution is 2.21. The van der Waals surface area contributed by atoms with Crippen LogP contribution in [0, 0.1) is 5.92 Å². The van der Waals surface area contributed by atoms with Crippen molar-refractivity contribution in [3.63, 3.8) is 0 Å². The summed E-state index contributed by atoms with van der Waals surface area (Å²) in [5.41, 5.74) is 0. The van der Waals surface area contributed by atoms with Gasteiger partial charge in [-0.15, -0.1) is 0 Å². The second kappa shape index (κ2) is 7.55. The van der Waals surface area contributed by atoms with E-state index in [0.29, 0.717) is 5.92 Å². The highest BCUT2D eigenvalue weighted by Gasteiger charge is 2.18. The molecule has 0 spiro atoms. The molecule has 0 aromatic carbocycles. The van der Waals surface area contributed by atoms with Gasteiger partial charge < -0.3 is 10.6 Å². The van der Waals surface area contributed by atoms with Gasteiger partial charge in [0.25, 0.3) is 0 Å². The van der Waals surface area contributed by atoms with E-state index in [0.717, 1.165) is 6.54 Å². The summed E-state index contributed by atoms with van der Waals surface area (Å²) in [6.07, 6.45) is 2.42. The Morgan fingerprint density at radius 3 is 2.59 bits per heavy atom. The minimum absolute atomic E-state index is 0.283. The highest BCUT2D eigenvalue weighted by molar-refractivity contribution is 7.99. The first-order chi connectivity index (χ1) is 8.13. The Morgan fingerprint density at radius 1 is 1.35 bits per heavy atom. The van der Waals surface area contributed by atoms with Crippen LogP contribution in [0.1, 0.15) is 19.8 Å². The molecule has 1 aliphatic heterocycles. The minimum Gasteiger partial charge on any atom is -0.341 e. The predicted octanol–water partition coefficient (Wildman–Crippen LogP) is 0.563. The van der Waals surface area contributed by atoms with Crippen LogP contribution < -0.4 is 16.0 Å². The summed E-state index contributed by atoms with van der Waals surface area (Å²) in [6, 6.07) is -0.792. The van der Waals surface area contributed by atoms with Crippen LogP contribution in [0.3, 0.4) is 0 Å². The number of amides is 3. The number of nitrogens with one attached hydrogen (secondary N) is 3. The van der Waals surface area contributed by atoms with Gasteiger partial charge in [0.05, 0.1) is 6.04 Å². The van der Waals surface area contributed by atoms with Crippen molar-refractivity contribution in [1.82, 2.24) is 16.0 Å². The van der Waals surface area contributed by atoms with Crippen LogP contribution >= 0.6 is 11.8 Å². The zero-order chi connectivity index (χ0) is 12.7. The molecule has 1 aliphatic rings. The number of carbonyl (C=O) groups is 2. The lowest BCUT2D eigenvalue weighted by Gasteiger charge is -2.23. The first-order valence-electron chi connectivity index (χ1n) is 5.97. The fourth-order valence-electron chi connectivity index (χ4n) is 1.67. The SMILES string of the molecule is CNC(=O)NC(=O)C(C)NCC1CCSCC1. The molecule has 98 valence electrons. The van der Waals surface area contributed by atoms with Gasteiger partial charge in [0, 0.05) is 7.05 Å². The Hall–Kier alpha value is -0.750. The van der Waals surface area contributed by atoms with Crippen LogP contribution in [0.15, 0.2) is 0 Å². The number of hydrogen-bond acceptors (Lipinski definition) is 4. The normalized spacial score (nSPS) is 18.5. The van der Waals surface area contributed by atoms with E-state index in [4.69, 9.17) is 0 Å². The van der Waals surface area contributed by atoms with Crippen molar-refractivity contribution >= 4 is 23.7 Å². The Morgan fingerprint density at radius 2 is 2.00 bits per heavy atom. The molecule has 1 fully saturated rings. The molecular formula is C11H21N3O2S. The number of rotatable bonds is 4. The molecule has 0 bridgehead atoms. The lowest BCUT2D eigenvalue weighted by atomic mass is 10.0. The Balaban J connectivity index is 2.21. The number of carbonyl (C=O) groups excluding carboxylic acids is 2. The van der Waals surface area contributed by atoms with Crippen molar-refractivity contribution in [3.05, 3.63) is 0 Å². The topological polar surface area (TPSA) is 70.2 Å². The molecule has 1 atom stereocenters. The van der Waals surface area contributed by atoms with Gasteiger partial charge >= 0.3 is 6.03 Å². The smallest absolute Gasteiger partial charge is 0.321 e. The molecule has 3 amide bonds. The first kappa shape index (κ1) is 14.3. The summed E-state index contributed by atoms with van der Waals surface area (Å²) in [4.78, 5) is 22.5. The second-order valence-corrected chi connectivity index (χ2v) is 5.48.